The number of guanidine groups is 1. The second-order valence-corrected chi connectivity index (χ2v) is 6.76. The van der Waals surface area contributed by atoms with E-state index < -0.39 is 0 Å². The molecule has 142 valence electrons. The summed E-state index contributed by atoms with van der Waals surface area (Å²) in [7, 11) is 0. The molecule has 0 radical (unpaired) electrons. The highest BCUT2D eigenvalue weighted by atomic mass is 15.2. The monoisotopic (exact) mass is 363 g/mol. The maximum atomic E-state index is 4.76. The summed E-state index contributed by atoms with van der Waals surface area (Å²) in [4.78, 5) is 12.4. The van der Waals surface area contributed by atoms with Crippen molar-refractivity contribution < 1.29 is 0 Å². The van der Waals surface area contributed by atoms with Crippen molar-refractivity contribution in [2.24, 2.45) is 4.99 Å². The molecule has 0 amide bonds. The van der Waals surface area contributed by atoms with Gasteiger partial charge in [-0.15, -0.1) is 0 Å². The molecule has 5 heteroatoms. The average molecular weight is 364 g/mol. The van der Waals surface area contributed by atoms with Crippen molar-refractivity contribution in [3.05, 3.63) is 65.1 Å². The van der Waals surface area contributed by atoms with Crippen LogP contribution in [0.3, 0.4) is 0 Å². The molecule has 0 spiro atoms. The highest BCUT2D eigenvalue weighted by molar-refractivity contribution is 5.84. The lowest BCUT2D eigenvalue weighted by Gasteiger charge is -2.12. The third kappa shape index (κ3) is 4.88. The number of aliphatic imine (C=N–C) groups is 1. The maximum absolute atomic E-state index is 4.76. The minimum atomic E-state index is 0.756. The molecule has 3 N–H and O–H groups in total. The van der Waals surface area contributed by atoms with E-state index in [0.29, 0.717) is 0 Å². The predicted octanol–water partition coefficient (Wildman–Crippen LogP) is 3.52. The van der Waals surface area contributed by atoms with Crippen molar-refractivity contribution in [2.45, 2.75) is 33.6 Å². The summed E-state index contributed by atoms with van der Waals surface area (Å²) >= 11 is 0. The summed E-state index contributed by atoms with van der Waals surface area (Å²) in [6, 6.07) is 10.5. The van der Waals surface area contributed by atoms with E-state index in [1.54, 1.807) is 0 Å². The zero-order chi connectivity index (χ0) is 19.1. The molecule has 0 saturated heterocycles. The first kappa shape index (κ1) is 19.0. The molecule has 0 aliphatic rings. The maximum Gasteiger partial charge on any atom is 0.191 e. The van der Waals surface area contributed by atoms with Gasteiger partial charge in [0.15, 0.2) is 5.96 Å². The zero-order valence-electron chi connectivity index (χ0n) is 16.5. The molecular formula is C22H29N5. The topological polar surface area (TPSA) is 65.1 Å². The molecule has 27 heavy (non-hydrogen) atoms. The number of pyridine rings is 1. The lowest BCUT2D eigenvalue weighted by atomic mass is 10.1. The fourth-order valence-electron chi connectivity index (χ4n) is 3.38. The highest BCUT2D eigenvalue weighted by Crippen LogP contribution is 2.22. The number of fused-ring (bicyclic) bond motifs is 1. The van der Waals surface area contributed by atoms with Crippen LogP contribution in [0.1, 0.15) is 29.3 Å². The van der Waals surface area contributed by atoms with E-state index in [1.165, 1.54) is 33.3 Å². The lowest BCUT2D eigenvalue weighted by Crippen LogP contribution is -2.38. The number of para-hydroxylation sites is 1. The van der Waals surface area contributed by atoms with Crippen molar-refractivity contribution in [2.75, 3.05) is 19.6 Å². The van der Waals surface area contributed by atoms with Gasteiger partial charge in [0.1, 0.15) is 0 Å². The Kier molecular flexibility index (Phi) is 6.47. The number of nitrogens with one attached hydrogen (secondary N) is 3. The Labute approximate surface area is 161 Å². The molecule has 5 nitrogen and oxygen atoms in total. The molecule has 0 fully saturated rings. The number of aromatic nitrogens is 2. The van der Waals surface area contributed by atoms with Crippen LogP contribution in [-0.2, 0) is 12.8 Å². The SMILES string of the molecule is CCNC(=NCCc1c(C)[nH]c2ccccc12)NCCc1ccncc1C. The molecule has 2 aromatic heterocycles. The summed E-state index contributed by atoms with van der Waals surface area (Å²) in [5.41, 5.74) is 6.35. The third-order valence-corrected chi connectivity index (χ3v) is 4.83. The van der Waals surface area contributed by atoms with E-state index in [4.69, 9.17) is 4.99 Å². The first-order valence-electron chi connectivity index (χ1n) is 9.67. The normalized spacial score (nSPS) is 11.7. The summed E-state index contributed by atoms with van der Waals surface area (Å²) in [6.07, 6.45) is 5.65. The molecular weight excluding hydrogens is 334 g/mol. The van der Waals surface area contributed by atoms with Crippen LogP contribution in [0.2, 0.25) is 0 Å². The van der Waals surface area contributed by atoms with Crippen LogP contribution in [0, 0.1) is 13.8 Å². The molecule has 0 aliphatic carbocycles. The largest absolute Gasteiger partial charge is 0.358 e. The van der Waals surface area contributed by atoms with Crippen LogP contribution in [-0.4, -0.2) is 35.6 Å². The fourth-order valence-corrected chi connectivity index (χ4v) is 3.38. The lowest BCUT2D eigenvalue weighted by molar-refractivity contribution is 0.793. The van der Waals surface area contributed by atoms with E-state index in [2.05, 4.69) is 71.7 Å². The van der Waals surface area contributed by atoms with Crippen molar-refractivity contribution >= 4 is 16.9 Å². The Balaban J connectivity index is 1.58. The van der Waals surface area contributed by atoms with Crippen LogP contribution >= 0.6 is 0 Å². The molecule has 2 heterocycles. The van der Waals surface area contributed by atoms with Crippen molar-refractivity contribution in [1.29, 1.82) is 0 Å². The van der Waals surface area contributed by atoms with E-state index in [1.807, 2.05) is 12.4 Å². The highest BCUT2D eigenvalue weighted by Gasteiger charge is 2.07. The van der Waals surface area contributed by atoms with Crippen molar-refractivity contribution in [1.82, 2.24) is 20.6 Å². The van der Waals surface area contributed by atoms with Gasteiger partial charge < -0.3 is 15.6 Å². The zero-order valence-corrected chi connectivity index (χ0v) is 16.5. The van der Waals surface area contributed by atoms with Crippen LogP contribution in [0.15, 0.2) is 47.7 Å². The molecule has 0 bridgehead atoms. The van der Waals surface area contributed by atoms with Gasteiger partial charge in [-0.3, -0.25) is 9.98 Å². The number of hydrogen-bond donors (Lipinski definition) is 3. The molecule has 0 unspecified atom stereocenters. The number of nitrogens with zero attached hydrogens (tertiary/aromatic N) is 2. The third-order valence-electron chi connectivity index (χ3n) is 4.83. The van der Waals surface area contributed by atoms with E-state index in [0.717, 1.165) is 38.4 Å². The summed E-state index contributed by atoms with van der Waals surface area (Å²) in [5, 5.41) is 8.08. The van der Waals surface area contributed by atoms with Crippen molar-refractivity contribution in [3.8, 4) is 0 Å². The Bertz CT molecular complexity index is 910. The number of rotatable bonds is 7. The Hall–Kier alpha value is -2.82. The van der Waals surface area contributed by atoms with Gasteiger partial charge in [0.05, 0.1) is 0 Å². The van der Waals surface area contributed by atoms with Gasteiger partial charge in [-0.2, -0.15) is 0 Å². The van der Waals surface area contributed by atoms with Gasteiger partial charge in [-0.25, -0.2) is 0 Å². The second kappa shape index (κ2) is 9.21. The predicted molar refractivity (Wildman–Crippen MR) is 113 cm³/mol. The Morgan fingerprint density at radius 3 is 2.78 bits per heavy atom. The van der Waals surface area contributed by atoms with Crippen LogP contribution in [0.5, 0.6) is 0 Å². The quantitative estimate of drug-likeness (QED) is 0.444. The Morgan fingerprint density at radius 1 is 1.11 bits per heavy atom. The number of hydrogen-bond acceptors (Lipinski definition) is 2. The van der Waals surface area contributed by atoms with Gasteiger partial charge in [-0.1, -0.05) is 18.2 Å². The number of benzene rings is 1. The molecule has 3 rings (SSSR count). The standard InChI is InChI=1S/C22H29N5/c1-4-24-22(25-13-10-18-9-12-23-15-16(18)2)26-14-11-19-17(3)27-21-8-6-5-7-20(19)21/h5-9,12,15,27H,4,10-11,13-14H2,1-3H3,(H2,24,25,26). The van der Waals surface area contributed by atoms with Crippen LogP contribution in [0.4, 0.5) is 0 Å². The summed E-state index contributed by atoms with van der Waals surface area (Å²) in [5.74, 6) is 0.877. The number of H-pyrrole nitrogens is 1. The summed E-state index contributed by atoms with van der Waals surface area (Å²) < 4.78 is 0. The average Bonchev–Trinajstić information content (AvgIpc) is 2.99. The first-order valence-corrected chi connectivity index (χ1v) is 9.67. The minimum Gasteiger partial charge on any atom is -0.358 e. The van der Waals surface area contributed by atoms with E-state index in [9.17, 15) is 0 Å². The number of aryl methyl sites for hydroxylation is 2. The van der Waals surface area contributed by atoms with E-state index in [-0.39, 0.29) is 0 Å². The first-order chi connectivity index (χ1) is 13.2. The molecule has 0 atom stereocenters. The number of aromatic amines is 1. The second-order valence-electron chi connectivity index (χ2n) is 6.76. The van der Waals surface area contributed by atoms with Crippen LogP contribution in [0.25, 0.3) is 10.9 Å². The van der Waals surface area contributed by atoms with Gasteiger partial charge in [-0.05, 0) is 62.4 Å². The van der Waals surface area contributed by atoms with Gasteiger partial charge >= 0.3 is 0 Å². The summed E-state index contributed by atoms with van der Waals surface area (Å²) in [6.45, 7) is 8.79. The van der Waals surface area contributed by atoms with Gasteiger partial charge in [0.2, 0.25) is 0 Å². The molecule has 0 aliphatic heterocycles. The van der Waals surface area contributed by atoms with Crippen LogP contribution < -0.4 is 10.6 Å². The van der Waals surface area contributed by atoms with Gasteiger partial charge in [0, 0.05) is 48.6 Å². The van der Waals surface area contributed by atoms with Gasteiger partial charge in [0.25, 0.3) is 0 Å². The minimum absolute atomic E-state index is 0.756. The molecule has 3 aromatic rings. The Morgan fingerprint density at radius 2 is 1.96 bits per heavy atom. The van der Waals surface area contributed by atoms with Crippen molar-refractivity contribution in [3.63, 3.8) is 0 Å². The smallest absolute Gasteiger partial charge is 0.191 e. The molecule has 1 aromatic carbocycles. The fraction of sp³-hybridized carbons (Fsp3) is 0.364. The molecule has 0 saturated carbocycles. The van der Waals surface area contributed by atoms with E-state index >= 15 is 0 Å².